The van der Waals surface area contributed by atoms with Crippen LogP contribution in [-0.4, -0.2) is 20.0 Å². The van der Waals surface area contributed by atoms with Gasteiger partial charge in [-0.2, -0.15) is 0 Å². The van der Waals surface area contributed by atoms with Crippen molar-refractivity contribution >= 4 is 10.0 Å². The number of sulfonamides is 1. The van der Waals surface area contributed by atoms with Crippen LogP contribution >= 0.6 is 0 Å². The number of rotatable bonds is 7. The Kier molecular flexibility index (Phi) is 5.62. The van der Waals surface area contributed by atoms with E-state index < -0.39 is 10.0 Å². The molecule has 1 aromatic heterocycles. The maximum Gasteiger partial charge on any atom is 0.241 e. The van der Waals surface area contributed by atoms with Gasteiger partial charge in [-0.15, -0.1) is 0 Å². The highest BCUT2D eigenvalue weighted by molar-refractivity contribution is 7.89. The van der Waals surface area contributed by atoms with E-state index in [2.05, 4.69) is 9.71 Å². The molecule has 0 spiro atoms. The molecule has 0 aliphatic rings. The minimum absolute atomic E-state index is 0.142. The van der Waals surface area contributed by atoms with Gasteiger partial charge in [-0.25, -0.2) is 18.1 Å². The van der Waals surface area contributed by atoms with Crippen LogP contribution in [0.2, 0.25) is 0 Å². The van der Waals surface area contributed by atoms with Crippen molar-refractivity contribution in [1.82, 2.24) is 9.71 Å². The third-order valence-electron chi connectivity index (χ3n) is 4.11. The Bertz CT molecular complexity index is 1040. The highest BCUT2D eigenvalue weighted by Crippen LogP contribution is 2.26. The highest BCUT2D eigenvalue weighted by atomic mass is 32.2. The molecule has 0 aliphatic carbocycles. The molecule has 1 N–H and O–H groups in total. The van der Waals surface area contributed by atoms with E-state index in [4.69, 9.17) is 9.15 Å². The Balaban J connectivity index is 1.87. The van der Waals surface area contributed by atoms with E-state index in [1.165, 1.54) is 0 Å². The van der Waals surface area contributed by atoms with Crippen LogP contribution in [0.25, 0.3) is 11.3 Å². The van der Waals surface area contributed by atoms with Gasteiger partial charge in [0.1, 0.15) is 5.75 Å². The number of oxazole rings is 1. The van der Waals surface area contributed by atoms with Gasteiger partial charge >= 0.3 is 0 Å². The topological polar surface area (TPSA) is 81.4 Å². The molecule has 7 heteroatoms. The molecule has 0 saturated carbocycles. The van der Waals surface area contributed by atoms with Crippen LogP contribution < -0.4 is 9.46 Å². The molecule has 0 fully saturated rings. The van der Waals surface area contributed by atoms with Crippen molar-refractivity contribution in [2.75, 3.05) is 6.61 Å². The first-order valence-corrected chi connectivity index (χ1v) is 10.1. The molecule has 0 atom stereocenters. The zero-order valence-electron chi connectivity index (χ0n) is 15.5. The summed E-state index contributed by atoms with van der Waals surface area (Å²) in [7, 11) is -3.71. The second kappa shape index (κ2) is 7.94. The number of benzene rings is 2. The van der Waals surface area contributed by atoms with Gasteiger partial charge in [0, 0.05) is 24.6 Å². The first kappa shape index (κ1) is 19.1. The lowest BCUT2D eigenvalue weighted by Crippen LogP contribution is -2.24. The summed E-state index contributed by atoms with van der Waals surface area (Å²) in [6.07, 6.45) is 1.59. The van der Waals surface area contributed by atoms with E-state index in [9.17, 15) is 8.42 Å². The molecular formula is C20H22N2O4S. The molecular weight excluding hydrogens is 364 g/mol. The maximum absolute atomic E-state index is 12.9. The molecule has 27 heavy (non-hydrogen) atoms. The lowest BCUT2D eigenvalue weighted by Gasteiger charge is -2.13. The minimum atomic E-state index is -3.71. The van der Waals surface area contributed by atoms with Crippen LogP contribution in [0.5, 0.6) is 5.75 Å². The van der Waals surface area contributed by atoms with Gasteiger partial charge in [0.15, 0.2) is 11.7 Å². The number of ether oxygens (including phenoxy) is 1. The summed E-state index contributed by atoms with van der Waals surface area (Å²) in [5.41, 5.74) is 2.10. The fourth-order valence-electron chi connectivity index (χ4n) is 2.73. The molecule has 0 bridgehead atoms. The van der Waals surface area contributed by atoms with Gasteiger partial charge in [-0.1, -0.05) is 30.3 Å². The highest BCUT2D eigenvalue weighted by Gasteiger charge is 2.19. The Hall–Kier alpha value is -2.64. The largest absolute Gasteiger partial charge is 0.494 e. The molecule has 0 saturated heterocycles. The Morgan fingerprint density at radius 2 is 1.93 bits per heavy atom. The van der Waals surface area contributed by atoms with Gasteiger partial charge in [-0.3, -0.25) is 0 Å². The SMILES string of the molecule is CCOc1ccccc1CNS(=O)(=O)c1cc(-c2cnc(C)o2)ccc1C. The summed E-state index contributed by atoms with van der Waals surface area (Å²) in [5.74, 6) is 1.73. The molecule has 3 rings (SSSR count). The van der Waals surface area contributed by atoms with E-state index in [1.807, 2.05) is 37.3 Å². The number of para-hydroxylation sites is 1. The van der Waals surface area contributed by atoms with E-state index in [1.54, 1.807) is 32.2 Å². The second-order valence-corrected chi connectivity index (χ2v) is 7.82. The lowest BCUT2D eigenvalue weighted by atomic mass is 10.1. The summed E-state index contributed by atoms with van der Waals surface area (Å²) in [6.45, 7) is 6.05. The molecule has 3 aromatic rings. The van der Waals surface area contributed by atoms with E-state index in [0.29, 0.717) is 35.1 Å². The molecule has 2 aromatic carbocycles. The molecule has 0 radical (unpaired) electrons. The predicted octanol–water partition coefficient (Wildman–Crippen LogP) is 3.84. The molecule has 1 heterocycles. The molecule has 6 nitrogen and oxygen atoms in total. The molecule has 142 valence electrons. The first-order valence-electron chi connectivity index (χ1n) is 8.64. The van der Waals surface area contributed by atoms with E-state index >= 15 is 0 Å². The van der Waals surface area contributed by atoms with Crippen molar-refractivity contribution < 1.29 is 17.6 Å². The average Bonchev–Trinajstić information content (AvgIpc) is 3.08. The Labute approximate surface area is 159 Å². The van der Waals surface area contributed by atoms with Crippen LogP contribution in [0.4, 0.5) is 0 Å². The van der Waals surface area contributed by atoms with Crippen LogP contribution in [0, 0.1) is 13.8 Å². The van der Waals surface area contributed by atoms with Crippen LogP contribution in [0.1, 0.15) is 23.9 Å². The second-order valence-electron chi connectivity index (χ2n) is 6.09. The monoisotopic (exact) mass is 386 g/mol. The summed E-state index contributed by atoms with van der Waals surface area (Å²) < 4.78 is 39.5. The van der Waals surface area contributed by atoms with Gasteiger partial charge in [0.05, 0.1) is 17.7 Å². The van der Waals surface area contributed by atoms with Crippen molar-refractivity contribution in [2.24, 2.45) is 0 Å². The molecule has 0 amide bonds. The van der Waals surface area contributed by atoms with Crippen molar-refractivity contribution in [3.05, 3.63) is 65.7 Å². The standard InChI is InChI=1S/C20H22N2O4S/c1-4-25-18-8-6-5-7-17(18)12-22-27(23,24)20-11-16(10-9-14(20)2)19-13-21-15(3)26-19/h5-11,13,22H,4,12H2,1-3H3. The van der Waals surface area contributed by atoms with Gasteiger partial charge in [0.25, 0.3) is 0 Å². The first-order chi connectivity index (χ1) is 12.9. The third-order valence-corrected chi connectivity index (χ3v) is 5.65. The van der Waals surface area contributed by atoms with Gasteiger partial charge in [0.2, 0.25) is 10.0 Å². The van der Waals surface area contributed by atoms with Crippen LogP contribution in [0.3, 0.4) is 0 Å². The number of hydrogen-bond donors (Lipinski definition) is 1. The fraction of sp³-hybridized carbons (Fsp3) is 0.250. The lowest BCUT2D eigenvalue weighted by molar-refractivity contribution is 0.336. The van der Waals surface area contributed by atoms with Crippen LogP contribution in [-0.2, 0) is 16.6 Å². The number of aromatic nitrogens is 1. The van der Waals surface area contributed by atoms with Crippen LogP contribution in [0.15, 0.2) is 58.0 Å². The Morgan fingerprint density at radius 3 is 2.63 bits per heavy atom. The normalized spacial score (nSPS) is 11.5. The average molecular weight is 386 g/mol. The van der Waals surface area contributed by atoms with Crippen molar-refractivity contribution in [3.8, 4) is 17.1 Å². The smallest absolute Gasteiger partial charge is 0.241 e. The quantitative estimate of drug-likeness (QED) is 0.667. The molecule has 0 unspecified atom stereocenters. The van der Waals surface area contributed by atoms with Crippen molar-refractivity contribution in [1.29, 1.82) is 0 Å². The zero-order valence-corrected chi connectivity index (χ0v) is 16.3. The number of nitrogens with one attached hydrogen (secondary N) is 1. The van der Waals surface area contributed by atoms with Gasteiger partial charge < -0.3 is 9.15 Å². The van der Waals surface area contributed by atoms with Gasteiger partial charge in [-0.05, 0) is 31.5 Å². The number of hydrogen-bond acceptors (Lipinski definition) is 5. The summed E-state index contributed by atoms with van der Waals surface area (Å²) in [4.78, 5) is 4.28. The van der Waals surface area contributed by atoms with Crippen molar-refractivity contribution in [2.45, 2.75) is 32.2 Å². The predicted molar refractivity (Wildman–Crippen MR) is 103 cm³/mol. The van der Waals surface area contributed by atoms with E-state index in [-0.39, 0.29) is 11.4 Å². The zero-order chi connectivity index (χ0) is 19.4. The number of nitrogens with zero attached hydrogens (tertiary/aromatic N) is 1. The maximum atomic E-state index is 12.9. The summed E-state index contributed by atoms with van der Waals surface area (Å²) >= 11 is 0. The Morgan fingerprint density at radius 1 is 1.15 bits per heavy atom. The fourth-order valence-corrected chi connectivity index (χ4v) is 4.01. The van der Waals surface area contributed by atoms with E-state index in [0.717, 1.165) is 5.56 Å². The number of aryl methyl sites for hydroxylation is 2. The minimum Gasteiger partial charge on any atom is -0.494 e. The summed E-state index contributed by atoms with van der Waals surface area (Å²) in [5, 5.41) is 0. The third kappa shape index (κ3) is 4.37. The summed E-state index contributed by atoms with van der Waals surface area (Å²) in [6, 6.07) is 12.6. The molecule has 0 aliphatic heterocycles. The van der Waals surface area contributed by atoms with Crippen molar-refractivity contribution in [3.63, 3.8) is 0 Å².